The number of amides is 1. The zero-order valence-corrected chi connectivity index (χ0v) is 32.8. The van der Waals surface area contributed by atoms with Gasteiger partial charge in [0.15, 0.2) is 0 Å². The van der Waals surface area contributed by atoms with E-state index in [1.165, 1.54) is 36.8 Å². The fourth-order valence-electron chi connectivity index (χ4n) is 4.58. The molecule has 1 aliphatic heterocycles. The lowest BCUT2D eigenvalue weighted by atomic mass is 10.0. The number of carbonyl (C=O) groups is 1. The van der Waals surface area contributed by atoms with E-state index in [2.05, 4.69) is 63.3 Å². The summed E-state index contributed by atoms with van der Waals surface area (Å²) in [6.45, 7) is 27.6. The molecule has 8 heteroatoms. The maximum absolute atomic E-state index is 13.6. The molecule has 1 atom stereocenters. The van der Waals surface area contributed by atoms with Gasteiger partial charge < -0.3 is 19.3 Å². The summed E-state index contributed by atoms with van der Waals surface area (Å²) in [6, 6.07) is 8.00. The summed E-state index contributed by atoms with van der Waals surface area (Å²) in [7, 11) is 5.98. The summed E-state index contributed by atoms with van der Waals surface area (Å²) < 4.78 is 2.05. The highest BCUT2D eigenvalue weighted by atomic mass is 35.5. The van der Waals surface area contributed by atoms with Gasteiger partial charge in [-0.25, -0.2) is 4.98 Å². The predicted octanol–water partition coefficient (Wildman–Crippen LogP) is 9.73. The van der Waals surface area contributed by atoms with Crippen LogP contribution in [0.2, 0.25) is 0 Å². The highest BCUT2D eigenvalue weighted by Gasteiger charge is 2.27. The third kappa shape index (κ3) is 13.8. The van der Waals surface area contributed by atoms with Crippen molar-refractivity contribution in [3.8, 4) is 0 Å². The molecule has 0 radical (unpaired) electrons. The Hall–Kier alpha value is -3.06. The van der Waals surface area contributed by atoms with Crippen LogP contribution in [0.5, 0.6) is 0 Å². The standard InChI is InChI=1S/C23H23ClN4OS.C11H23N.C4H8.C2H6/c1-26(2)12-13-28(15-20-25-18-10-6-7-11-19(18)27(20)3)23(29)22-21(24)16-8-4-5-9-17(14-16)30-22;1-6-8-12(7-2)9-11(5)10(3)4;1-3-4-2;1-2/h4-11H,12-13,15H2,1-3H3;11H,3,6-9H2,1-2,4-5H3;3H,1,4H2,2H3;1-2H3. The van der Waals surface area contributed by atoms with Gasteiger partial charge in [0.2, 0.25) is 0 Å². The molecule has 4 rings (SSSR count). The Balaban J connectivity index is 0.000000535. The number of imidazole rings is 1. The summed E-state index contributed by atoms with van der Waals surface area (Å²) in [4.78, 5) is 26.2. The van der Waals surface area contributed by atoms with Gasteiger partial charge in [-0.1, -0.05) is 113 Å². The van der Waals surface area contributed by atoms with Crippen molar-refractivity contribution in [3.63, 3.8) is 0 Å². The van der Waals surface area contributed by atoms with E-state index in [9.17, 15) is 4.79 Å². The van der Waals surface area contributed by atoms with Crippen LogP contribution in [0.1, 0.15) is 67.1 Å². The average Bonchev–Trinajstić information content (AvgIpc) is 3.26. The number of hydrogen-bond acceptors (Lipinski definition) is 5. The molecule has 1 unspecified atom stereocenters. The van der Waals surface area contributed by atoms with Crippen molar-refractivity contribution in [1.82, 2.24) is 24.3 Å². The second-order valence-corrected chi connectivity index (χ2v) is 13.2. The number of para-hydroxylation sites is 2. The van der Waals surface area contributed by atoms with Crippen LogP contribution < -0.4 is 0 Å². The van der Waals surface area contributed by atoms with Crippen LogP contribution in [0.15, 0.2) is 99.5 Å². The predicted molar refractivity (Wildman–Crippen MR) is 212 cm³/mol. The van der Waals surface area contributed by atoms with Gasteiger partial charge in [-0.2, -0.15) is 0 Å². The van der Waals surface area contributed by atoms with Crippen LogP contribution in [0, 0.1) is 5.92 Å². The first-order chi connectivity index (χ1) is 23.0. The van der Waals surface area contributed by atoms with E-state index < -0.39 is 0 Å². The largest absolute Gasteiger partial charge is 0.330 e. The maximum Gasteiger partial charge on any atom is 0.262 e. The molecule has 1 amide bonds. The molecule has 0 spiro atoms. The van der Waals surface area contributed by atoms with Gasteiger partial charge in [0.25, 0.3) is 5.91 Å². The Labute approximate surface area is 301 Å². The van der Waals surface area contributed by atoms with E-state index in [0.29, 0.717) is 28.9 Å². The highest BCUT2D eigenvalue weighted by molar-refractivity contribution is 8.07. The van der Waals surface area contributed by atoms with Gasteiger partial charge in [-0.15, -0.1) is 6.58 Å². The Bertz CT molecular complexity index is 1490. The second-order valence-electron chi connectivity index (χ2n) is 11.8. The number of nitrogens with zero attached hydrogens (tertiary/aromatic N) is 5. The summed E-state index contributed by atoms with van der Waals surface area (Å²) >= 11 is 7.98. The number of fused-ring (bicyclic) bond motifs is 1. The number of hydrogen-bond donors (Lipinski definition) is 0. The van der Waals surface area contributed by atoms with Crippen LogP contribution in [0.3, 0.4) is 0 Å². The number of rotatable bonds is 13. The number of aryl methyl sites for hydroxylation is 1. The SMILES string of the molecule is C=C(C)C(C)CN(CC)CCC.C=CCC.CC.CN(C)CCN(Cc1nc2ccccc2n1C)C(=O)C1=C(Cl)C2=C=C(C=CC=C2)S1. The van der Waals surface area contributed by atoms with Crippen LogP contribution in [0.25, 0.3) is 11.0 Å². The molecule has 0 N–H and O–H groups in total. The van der Waals surface area contributed by atoms with Crippen molar-refractivity contribution in [2.75, 3.05) is 46.8 Å². The van der Waals surface area contributed by atoms with E-state index in [0.717, 1.165) is 46.8 Å². The van der Waals surface area contributed by atoms with Crippen molar-refractivity contribution in [2.45, 2.75) is 67.9 Å². The molecule has 0 saturated carbocycles. The van der Waals surface area contributed by atoms with Crippen molar-refractivity contribution < 1.29 is 4.79 Å². The zero-order valence-electron chi connectivity index (χ0n) is 31.3. The maximum atomic E-state index is 13.6. The van der Waals surface area contributed by atoms with E-state index in [1.807, 2.05) is 99.1 Å². The molecular formula is C40H60ClN5OS. The number of likely N-dealkylation sites (N-methyl/N-ethyl adjacent to an activating group) is 1. The number of carbonyl (C=O) groups excluding carboxylic acids is 1. The molecule has 2 bridgehead atoms. The van der Waals surface area contributed by atoms with Crippen molar-refractivity contribution in [3.05, 3.63) is 105 Å². The van der Waals surface area contributed by atoms with Crippen molar-refractivity contribution in [1.29, 1.82) is 0 Å². The Kier molecular flexibility index (Phi) is 20.9. The van der Waals surface area contributed by atoms with E-state index >= 15 is 0 Å². The van der Waals surface area contributed by atoms with Gasteiger partial charge in [0, 0.05) is 32.3 Å². The first-order valence-corrected chi connectivity index (χ1v) is 18.4. The smallest absolute Gasteiger partial charge is 0.262 e. The molecule has 2 aliphatic rings. The molecule has 0 fully saturated rings. The monoisotopic (exact) mass is 693 g/mol. The lowest BCUT2D eigenvalue weighted by Gasteiger charge is -2.26. The molecule has 2 aromatic rings. The number of aromatic nitrogens is 2. The molecule has 6 nitrogen and oxygen atoms in total. The fourth-order valence-corrected chi connectivity index (χ4v) is 5.83. The summed E-state index contributed by atoms with van der Waals surface area (Å²) in [5.74, 6) is 1.40. The first kappa shape index (κ1) is 43.0. The minimum absolute atomic E-state index is 0.0842. The quantitative estimate of drug-likeness (QED) is 0.154. The Morgan fingerprint density at radius 1 is 1.10 bits per heavy atom. The zero-order chi connectivity index (χ0) is 36.2. The van der Waals surface area contributed by atoms with Crippen LogP contribution in [0.4, 0.5) is 0 Å². The molecular weight excluding hydrogens is 634 g/mol. The molecule has 0 saturated heterocycles. The summed E-state index contributed by atoms with van der Waals surface area (Å²) in [6.07, 6.45) is 11.9. The van der Waals surface area contributed by atoms with Crippen molar-refractivity contribution in [2.24, 2.45) is 13.0 Å². The molecule has 1 aromatic heterocycles. The van der Waals surface area contributed by atoms with E-state index in [-0.39, 0.29) is 5.91 Å². The lowest BCUT2D eigenvalue weighted by Crippen LogP contribution is -2.37. The molecule has 2 heterocycles. The minimum atomic E-state index is -0.0842. The highest BCUT2D eigenvalue weighted by Crippen LogP contribution is 2.39. The number of allylic oxidation sites excluding steroid dienone is 6. The van der Waals surface area contributed by atoms with Crippen LogP contribution in [-0.2, 0) is 18.4 Å². The number of halogens is 1. The van der Waals surface area contributed by atoms with Crippen LogP contribution in [-0.4, -0.2) is 77.0 Å². The molecule has 1 aliphatic carbocycles. The van der Waals surface area contributed by atoms with E-state index in [4.69, 9.17) is 16.6 Å². The first-order valence-electron chi connectivity index (χ1n) is 17.2. The van der Waals surface area contributed by atoms with Crippen molar-refractivity contribution >= 4 is 40.3 Å². The third-order valence-corrected chi connectivity index (χ3v) is 9.23. The third-order valence-electron chi connectivity index (χ3n) is 7.69. The van der Waals surface area contributed by atoms with Gasteiger partial charge in [0.1, 0.15) is 5.82 Å². The van der Waals surface area contributed by atoms with Crippen LogP contribution >= 0.6 is 23.4 Å². The second kappa shape index (κ2) is 23.3. The Morgan fingerprint density at radius 2 is 1.75 bits per heavy atom. The minimum Gasteiger partial charge on any atom is -0.330 e. The topological polar surface area (TPSA) is 44.6 Å². The molecule has 1 aromatic carbocycles. The molecule has 48 heavy (non-hydrogen) atoms. The summed E-state index contributed by atoms with van der Waals surface area (Å²) in [5.41, 5.74) is 7.27. The van der Waals surface area contributed by atoms with E-state index in [1.54, 1.807) is 0 Å². The van der Waals surface area contributed by atoms with Gasteiger partial charge in [0.05, 0.1) is 32.4 Å². The number of benzene rings is 1. The normalized spacial score (nSPS) is 13.7. The molecule has 264 valence electrons. The fraction of sp³-hybridized carbons (Fsp3) is 0.475. The summed E-state index contributed by atoms with van der Waals surface area (Å²) in [5, 5.41) is 0.452. The van der Waals surface area contributed by atoms with Gasteiger partial charge >= 0.3 is 0 Å². The lowest BCUT2D eigenvalue weighted by molar-refractivity contribution is -0.127. The van der Waals surface area contributed by atoms with Gasteiger partial charge in [-0.05, 0) is 77.2 Å². The number of thioether (sulfide) groups is 1. The van der Waals surface area contributed by atoms with Gasteiger partial charge in [-0.3, -0.25) is 4.79 Å². The average molecular weight is 694 g/mol. The Morgan fingerprint density at radius 3 is 2.31 bits per heavy atom.